The van der Waals surface area contributed by atoms with Gasteiger partial charge in [-0.3, -0.25) is 4.79 Å². The van der Waals surface area contributed by atoms with Gasteiger partial charge in [-0.1, -0.05) is 0 Å². The fraction of sp³-hybridized carbons (Fsp3) is 0.364. The average molecular weight is 266 g/mol. The van der Waals surface area contributed by atoms with E-state index in [1.165, 1.54) is 0 Å². The van der Waals surface area contributed by atoms with Gasteiger partial charge in [-0.15, -0.1) is 0 Å². The molecule has 0 bridgehead atoms. The Morgan fingerprint density at radius 1 is 0.889 bits per heavy atom. The van der Waals surface area contributed by atoms with Gasteiger partial charge in [0.05, 0.1) is 0 Å². The molecule has 18 heavy (non-hydrogen) atoms. The van der Waals surface area contributed by atoms with E-state index < -0.39 is 40.9 Å². The molecule has 1 aliphatic rings. The maximum atomic E-state index is 13.2. The number of ether oxygens (including phenoxy) is 1. The van der Waals surface area contributed by atoms with Crippen LogP contribution in [0.2, 0.25) is 0 Å². The van der Waals surface area contributed by atoms with Crippen molar-refractivity contribution >= 4 is 5.78 Å². The minimum Gasteiger partial charge on any atom is -0.484 e. The molecule has 0 radical (unpaired) electrons. The summed E-state index contributed by atoms with van der Waals surface area (Å²) in [5.41, 5.74) is 0. The van der Waals surface area contributed by atoms with Crippen LogP contribution in [-0.2, 0) is 4.79 Å². The van der Waals surface area contributed by atoms with E-state index in [-0.39, 0.29) is 25.0 Å². The molecule has 0 aliphatic heterocycles. The van der Waals surface area contributed by atoms with E-state index >= 15 is 0 Å². The average Bonchev–Trinajstić information content (AvgIpc) is 2.75. The molecule has 1 fully saturated rings. The van der Waals surface area contributed by atoms with E-state index in [4.69, 9.17) is 4.74 Å². The van der Waals surface area contributed by atoms with E-state index in [0.29, 0.717) is 0 Å². The van der Waals surface area contributed by atoms with Crippen LogP contribution in [0.15, 0.2) is 0 Å². The third-order valence-electron chi connectivity index (χ3n) is 2.65. The van der Waals surface area contributed by atoms with Crippen LogP contribution < -0.4 is 4.74 Å². The maximum absolute atomic E-state index is 13.2. The molecule has 1 atom stereocenters. The molecule has 0 amide bonds. The fourth-order valence-corrected chi connectivity index (χ4v) is 1.74. The standard InChI is InChI=1S/C11H7F5O2/c12-6-7(13)9(15)11(10(16)8(6)14)18-5-2-1-4(17)3-5/h5H,1-3H2. The van der Waals surface area contributed by atoms with Gasteiger partial charge in [0.2, 0.25) is 29.1 Å². The highest BCUT2D eigenvalue weighted by Gasteiger charge is 2.31. The van der Waals surface area contributed by atoms with E-state index in [1.54, 1.807) is 0 Å². The number of halogens is 5. The van der Waals surface area contributed by atoms with Crippen molar-refractivity contribution in [1.82, 2.24) is 0 Å². The largest absolute Gasteiger partial charge is 0.484 e. The number of benzene rings is 1. The molecule has 2 rings (SSSR count). The predicted octanol–water partition coefficient (Wildman–Crippen LogP) is 2.88. The predicted molar refractivity (Wildman–Crippen MR) is 49.5 cm³/mol. The number of hydrogen-bond donors (Lipinski definition) is 0. The summed E-state index contributed by atoms with van der Waals surface area (Å²) in [7, 11) is 0. The van der Waals surface area contributed by atoms with Crippen molar-refractivity contribution < 1.29 is 31.5 Å². The molecule has 0 aromatic heterocycles. The van der Waals surface area contributed by atoms with E-state index in [2.05, 4.69) is 0 Å². The zero-order chi connectivity index (χ0) is 13.4. The quantitative estimate of drug-likeness (QED) is 0.467. The first-order valence-corrected chi connectivity index (χ1v) is 5.11. The van der Waals surface area contributed by atoms with Crippen molar-refractivity contribution in [3.63, 3.8) is 0 Å². The Kier molecular flexibility index (Phi) is 3.23. The summed E-state index contributed by atoms with van der Waals surface area (Å²) >= 11 is 0. The first kappa shape index (κ1) is 12.8. The lowest BCUT2D eigenvalue weighted by Crippen LogP contribution is -2.16. The van der Waals surface area contributed by atoms with Gasteiger partial charge in [-0.2, -0.15) is 8.78 Å². The van der Waals surface area contributed by atoms with Crippen molar-refractivity contribution in [3.8, 4) is 5.75 Å². The van der Waals surface area contributed by atoms with Crippen LogP contribution in [0.25, 0.3) is 0 Å². The van der Waals surface area contributed by atoms with Gasteiger partial charge in [-0.05, 0) is 6.42 Å². The Bertz CT molecular complexity index is 486. The molecule has 0 N–H and O–H groups in total. The topological polar surface area (TPSA) is 26.3 Å². The summed E-state index contributed by atoms with van der Waals surface area (Å²) in [5, 5.41) is 0. The van der Waals surface area contributed by atoms with Gasteiger partial charge in [0, 0.05) is 12.8 Å². The number of carbonyl (C=O) groups excluding carboxylic acids is 1. The van der Waals surface area contributed by atoms with Gasteiger partial charge >= 0.3 is 0 Å². The fourth-order valence-electron chi connectivity index (χ4n) is 1.74. The normalized spacial score (nSPS) is 19.4. The van der Waals surface area contributed by atoms with Crippen LogP contribution in [0.4, 0.5) is 22.0 Å². The molecule has 2 nitrogen and oxygen atoms in total. The Balaban J connectivity index is 2.36. The lowest BCUT2D eigenvalue weighted by atomic mass is 10.2. The summed E-state index contributed by atoms with van der Waals surface area (Å²) in [6.07, 6.45) is -0.594. The Labute approximate surface area is 98.4 Å². The second-order valence-corrected chi connectivity index (χ2v) is 3.92. The third-order valence-corrected chi connectivity index (χ3v) is 2.65. The molecule has 1 saturated carbocycles. The first-order valence-electron chi connectivity index (χ1n) is 5.11. The van der Waals surface area contributed by atoms with Crippen LogP contribution in [0, 0.1) is 29.1 Å². The second kappa shape index (κ2) is 4.55. The van der Waals surface area contributed by atoms with Crippen LogP contribution in [0.5, 0.6) is 5.75 Å². The minimum absolute atomic E-state index is 0.0977. The highest BCUT2D eigenvalue weighted by molar-refractivity contribution is 5.81. The number of ketones is 1. The molecule has 0 saturated heterocycles. The van der Waals surface area contributed by atoms with E-state index in [9.17, 15) is 26.7 Å². The SMILES string of the molecule is O=C1CCC(Oc2c(F)c(F)c(F)c(F)c2F)C1. The van der Waals surface area contributed by atoms with E-state index in [1.807, 2.05) is 0 Å². The molecule has 98 valence electrons. The zero-order valence-electron chi connectivity index (χ0n) is 8.90. The first-order chi connectivity index (χ1) is 8.41. The summed E-state index contributed by atoms with van der Waals surface area (Å²) in [6.45, 7) is 0. The summed E-state index contributed by atoms with van der Waals surface area (Å²) in [6, 6.07) is 0. The molecule has 1 aliphatic carbocycles. The van der Waals surface area contributed by atoms with Crippen LogP contribution in [0.3, 0.4) is 0 Å². The van der Waals surface area contributed by atoms with Crippen molar-refractivity contribution in [1.29, 1.82) is 0 Å². The van der Waals surface area contributed by atoms with Gasteiger partial charge in [0.15, 0.2) is 5.75 Å². The van der Waals surface area contributed by atoms with Crippen LogP contribution >= 0.6 is 0 Å². The number of carbonyl (C=O) groups is 1. The van der Waals surface area contributed by atoms with Gasteiger partial charge in [0.1, 0.15) is 11.9 Å². The van der Waals surface area contributed by atoms with Gasteiger partial charge in [-0.25, -0.2) is 13.2 Å². The van der Waals surface area contributed by atoms with Crippen molar-refractivity contribution in [2.75, 3.05) is 0 Å². The van der Waals surface area contributed by atoms with E-state index in [0.717, 1.165) is 0 Å². The van der Waals surface area contributed by atoms with Gasteiger partial charge in [0.25, 0.3) is 0 Å². The summed E-state index contributed by atoms with van der Waals surface area (Å²) in [4.78, 5) is 10.9. The maximum Gasteiger partial charge on any atom is 0.207 e. The molecular formula is C11H7F5O2. The number of rotatable bonds is 2. The van der Waals surface area contributed by atoms with Crippen molar-refractivity contribution in [2.45, 2.75) is 25.4 Å². The number of hydrogen-bond acceptors (Lipinski definition) is 2. The van der Waals surface area contributed by atoms with Crippen LogP contribution in [0.1, 0.15) is 19.3 Å². The number of Topliss-reactive ketones (excluding diaryl/α,β-unsaturated/α-hetero) is 1. The lowest BCUT2D eigenvalue weighted by molar-refractivity contribution is -0.117. The molecular weight excluding hydrogens is 259 g/mol. The smallest absolute Gasteiger partial charge is 0.207 e. The van der Waals surface area contributed by atoms with Crippen LogP contribution in [-0.4, -0.2) is 11.9 Å². The molecule has 0 heterocycles. The molecule has 7 heteroatoms. The Morgan fingerprint density at radius 2 is 1.39 bits per heavy atom. The Hall–Kier alpha value is -1.66. The zero-order valence-corrected chi connectivity index (χ0v) is 8.90. The minimum atomic E-state index is -2.24. The second-order valence-electron chi connectivity index (χ2n) is 3.92. The molecule has 1 unspecified atom stereocenters. The van der Waals surface area contributed by atoms with Gasteiger partial charge < -0.3 is 4.74 Å². The lowest BCUT2D eigenvalue weighted by Gasteiger charge is -2.14. The Morgan fingerprint density at radius 3 is 1.83 bits per heavy atom. The molecule has 0 spiro atoms. The monoisotopic (exact) mass is 266 g/mol. The highest BCUT2D eigenvalue weighted by Crippen LogP contribution is 2.31. The third kappa shape index (κ3) is 2.04. The summed E-state index contributed by atoms with van der Waals surface area (Å²) in [5.74, 6) is -11.9. The van der Waals surface area contributed by atoms with Crippen molar-refractivity contribution in [2.24, 2.45) is 0 Å². The molecule has 1 aromatic rings. The summed E-state index contributed by atoms with van der Waals surface area (Å²) < 4.78 is 69.6. The highest BCUT2D eigenvalue weighted by atomic mass is 19.2. The molecule has 1 aromatic carbocycles. The van der Waals surface area contributed by atoms with Crippen molar-refractivity contribution in [3.05, 3.63) is 29.1 Å².